The second-order valence-electron chi connectivity index (χ2n) is 8.58. The fraction of sp³-hybridized carbons (Fsp3) is 0.417. The molecule has 3 heterocycles. The normalized spacial score (nSPS) is 18.7. The molecule has 1 aliphatic heterocycles. The SMILES string of the molecule is Cc1cc(-n2cccc2N2CCN(C(=O)C3(c4ccccc4)CCCC3)CC2)n[nH]1. The smallest absolute Gasteiger partial charge is 0.233 e. The first-order chi connectivity index (χ1) is 14.7. The number of carbonyl (C=O) groups excluding carboxylic acids is 1. The van der Waals surface area contributed by atoms with Crippen molar-refractivity contribution in [1.29, 1.82) is 0 Å². The maximum absolute atomic E-state index is 13.7. The third kappa shape index (κ3) is 3.20. The zero-order valence-corrected chi connectivity index (χ0v) is 17.6. The third-order valence-corrected chi connectivity index (χ3v) is 6.75. The minimum absolute atomic E-state index is 0.323. The fourth-order valence-electron chi connectivity index (χ4n) is 5.15. The molecule has 3 aromatic rings. The molecule has 156 valence electrons. The zero-order valence-electron chi connectivity index (χ0n) is 17.6. The van der Waals surface area contributed by atoms with Crippen molar-refractivity contribution in [3.05, 3.63) is 66.0 Å². The molecule has 1 N–H and O–H groups in total. The summed E-state index contributed by atoms with van der Waals surface area (Å²) in [6.07, 6.45) is 6.26. The van der Waals surface area contributed by atoms with Crippen molar-refractivity contribution < 1.29 is 4.79 Å². The van der Waals surface area contributed by atoms with Crippen LogP contribution in [0.3, 0.4) is 0 Å². The summed E-state index contributed by atoms with van der Waals surface area (Å²) in [4.78, 5) is 18.2. The van der Waals surface area contributed by atoms with E-state index in [0.717, 1.165) is 69.2 Å². The van der Waals surface area contributed by atoms with Gasteiger partial charge in [0.1, 0.15) is 5.82 Å². The van der Waals surface area contributed by atoms with E-state index in [-0.39, 0.29) is 5.41 Å². The Balaban J connectivity index is 1.32. The third-order valence-electron chi connectivity index (χ3n) is 6.75. The molecule has 1 amide bonds. The van der Waals surface area contributed by atoms with Gasteiger partial charge in [0.25, 0.3) is 0 Å². The number of aromatic nitrogens is 3. The molecule has 1 saturated heterocycles. The van der Waals surface area contributed by atoms with Crippen molar-refractivity contribution in [3.8, 4) is 5.82 Å². The highest BCUT2D eigenvalue weighted by Gasteiger charge is 2.45. The molecule has 6 heteroatoms. The van der Waals surface area contributed by atoms with E-state index < -0.39 is 0 Å². The van der Waals surface area contributed by atoms with Crippen LogP contribution in [0.1, 0.15) is 36.9 Å². The van der Waals surface area contributed by atoms with Crippen LogP contribution in [0.4, 0.5) is 5.82 Å². The standard InChI is InChI=1S/C24H29N5O/c1-19-18-21(26-25-19)29-13-7-10-22(29)27-14-16-28(17-15-27)23(30)24(11-5-6-12-24)20-8-3-2-4-9-20/h2-4,7-10,13,18H,5-6,11-12,14-17H2,1H3,(H,25,26). The van der Waals surface area contributed by atoms with Crippen LogP contribution in [0, 0.1) is 6.92 Å². The summed E-state index contributed by atoms with van der Waals surface area (Å²) in [6, 6.07) is 16.7. The summed E-state index contributed by atoms with van der Waals surface area (Å²) >= 11 is 0. The van der Waals surface area contributed by atoms with Crippen molar-refractivity contribution in [2.45, 2.75) is 38.0 Å². The highest BCUT2D eigenvalue weighted by molar-refractivity contribution is 5.89. The lowest BCUT2D eigenvalue weighted by Crippen LogP contribution is -2.54. The Morgan fingerprint density at radius 1 is 1.00 bits per heavy atom. The van der Waals surface area contributed by atoms with Crippen LogP contribution in [0.15, 0.2) is 54.7 Å². The van der Waals surface area contributed by atoms with Gasteiger partial charge in [-0.2, -0.15) is 5.10 Å². The fourth-order valence-corrected chi connectivity index (χ4v) is 5.15. The van der Waals surface area contributed by atoms with E-state index in [0.29, 0.717) is 5.91 Å². The van der Waals surface area contributed by atoms with E-state index in [1.165, 1.54) is 5.56 Å². The Morgan fingerprint density at radius 2 is 1.73 bits per heavy atom. The van der Waals surface area contributed by atoms with Gasteiger partial charge < -0.3 is 9.80 Å². The highest BCUT2D eigenvalue weighted by atomic mass is 16.2. The first-order valence-corrected chi connectivity index (χ1v) is 11.0. The molecule has 0 spiro atoms. The second-order valence-corrected chi connectivity index (χ2v) is 8.58. The van der Waals surface area contributed by atoms with E-state index in [1.54, 1.807) is 0 Å². The number of nitrogens with zero attached hydrogens (tertiary/aromatic N) is 4. The Bertz CT molecular complexity index is 1010. The van der Waals surface area contributed by atoms with Gasteiger partial charge in [0.05, 0.1) is 5.41 Å². The molecule has 1 saturated carbocycles. The Kier molecular flexibility index (Phi) is 4.85. The van der Waals surface area contributed by atoms with Crippen molar-refractivity contribution in [1.82, 2.24) is 19.7 Å². The lowest BCUT2D eigenvalue weighted by molar-refractivity contribution is -0.137. The molecule has 5 rings (SSSR count). The van der Waals surface area contributed by atoms with Crippen LogP contribution in [-0.4, -0.2) is 51.8 Å². The molecule has 6 nitrogen and oxygen atoms in total. The molecule has 30 heavy (non-hydrogen) atoms. The van der Waals surface area contributed by atoms with Crippen LogP contribution in [0.2, 0.25) is 0 Å². The number of piperazine rings is 1. The van der Waals surface area contributed by atoms with Gasteiger partial charge in [-0.1, -0.05) is 43.2 Å². The summed E-state index contributed by atoms with van der Waals surface area (Å²) in [5.74, 6) is 2.36. The number of amides is 1. The number of nitrogens with one attached hydrogen (secondary N) is 1. The topological polar surface area (TPSA) is 57.2 Å². The van der Waals surface area contributed by atoms with Crippen LogP contribution in [0.5, 0.6) is 0 Å². The molecule has 0 radical (unpaired) electrons. The van der Waals surface area contributed by atoms with E-state index in [4.69, 9.17) is 0 Å². The van der Waals surface area contributed by atoms with Gasteiger partial charge in [-0.15, -0.1) is 0 Å². The Morgan fingerprint density at radius 3 is 2.40 bits per heavy atom. The number of H-pyrrole nitrogens is 1. The molecule has 1 aromatic carbocycles. The summed E-state index contributed by atoms with van der Waals surface area (Å²) < 4.78 is 2.11. The monoisotopic (exact) mass is 403 g/mol. The van der Waals surface area contributed by atoms with E-state index in [9.17, 15) is 4.79 Å². The average Bonchev–Trinajstić information content (AvgIpc) is 3.55. The lowest BCUT2D eigenvalue weighted by Gasteiger charge is -2.40. The first-order valence-electron chi connectivity index (χ1n) is 11.0. The number of carbonyl (C=O) groups is 1. The molecule has 2 aliphatic rings. The van der Waals surface area contributed by atoms with E-state index >= 15 is 0 Å². The molecule has 0 unspecified atom stereocenters. The quantitative estimate of drug-likeness (QED) is 0.723. The van der Waals surface area contributed by atoms with Crippen molar-refractivity contribution in [3.63, 3.8) is 0 Å². The van der Waals surface area contributed by atoms with Gasteiger partial charge in [0.15, 0.2) is 5.82 Å². The minimum atomic E-state index is -0.323. The van der Waals surface area contributed by atoms with E-state index in [1.807, 2.05) is 25.3 Å². The number of benzene rings is 1. The van der Waals surface area contributed by atoms with Gasteiger partial charge in [-0.05, 0) is 37.5 Å². The number of aromatic amines is 1. The highest BCUT2D eigenvalue weighted by Crippen LogP contribution is 2.42. The number of aryl methyl sites for hydroxylation is 1. The molecular formula is C24H29N5O. The molecule has 2 fully saturated rings. The number of hydrogen-bond acceptors (Lipinski definition) is 3. The van der Waals surface area contributed by atoms with Gasteiger partial charge in [0.2, 0.25) is 5.91 Å². The van der Waals surface area contributed by atoms with Crippen molar-refractivity contribution in [2.75, 3.05) is 31.1 Å². The van der Waals surface area contributed by atoms with Crippen LogP contribution >= 0.6 is 0 Å². The Labute approximate surface area is 177 Å². The number of anilines is 1. The van der Waals surface area contributed by atoms with E-state index in [2.05, 4.69) is 61.0 Å². The predicted molar refractivity (Wildman–Crippen MR) is 118 cm³/mol. The Hall–Kier alpha value is -3.02. The predicted octanol–water partition coefficient (Wildman–Crippen LogP) is 3.67. The maximum Gasteiger partial charge on any atom is 0.233 e. The lowest BCUT2D eigenvalue weighted by atomic mass is 9.77. The summed E-state index contributed by atoms with van der Waals surface area (Å²) in [7, 11) is 0. The molecular weight excluding hydrogens is 374 g/mol. The number of hydrogen-bond donors (Lipinski definition) is 1. The number of rotatable bonds is 4. The van der Waals surface area contributed by atoms with Crippen molar-refractivity contribution in [2.24, 2.45) is 0 Å². The molecule has 0 atom stereocenters. The van der Waals surface area contributed by atoms with Gasteiger partial charge in [-0.25, -0.2) is 0 Å². The summed E-state index contributed by atoms with van der Waals surface area (Å²) in [5.41, 5.74) is 1.91. The van der Waals surface area contributed by atoms with Crippen LogP contribution < -0.4 is 4.90 Å². The molecule has 0 bridgehead atoms. The minimum Gasteiger partial charge on any atom is -0.354 e. The average molecular weight is 404 g/mol. The molecule has 1 aliphatic carbocycles. The maximum atomic E-state index is 13.7. The van der Waals surface area contributed by atoms with Gasteiger partial charge in [-0.3, -0.25) is 14.5 Å². The summed E-state index contributed by atoms with van der Waals surface area (Å²) in [5, 5.41) is 7.42. The van der Waals surface area contributed by atoms with Crippen LogP contribution in [0.25, 0.3) is 5.82 Å². The zero-order chi connectivity index (χ0) is 20.6. The van der Waals surface area contributed by atoms with Gasteiger partial charge in [0, 0.05) is 44.1 Å². The van der Waals surface area contributed by atoms with Gasteiger partial charge >= 0.3 is 0 Å². The molecule has 2 aromatic heterocycles. The van der Waals surface area contributed by atoms with Crippen molar-refractivity contribution >= 4 is 11.7 Å². The second kappa shape index (κ2) is 7.67. The van der Waals surface area contributed by atoms with Crippen LogP contribution in [-0.2, 0) is 10.2 Å². The first kappa shape index (κ1) is 19.0. The summed E-state index contributed by atoms with van der Waals surface area (Å²) in [6.45, 7) is 5.21. The largest absolute Gasteiger partial charge is 0.354 e.